The van der Waals surface area contributed by atoms with Crippen LogP contribution in [-0.2, 0) is 6.54 Å². The lowest BCUT2D eigenvalue weighted by Crippen LogP contribution is -2.41. The van der Waals surface area contributed by atoms with Crippen molar-refractivity contribution in [1.82, 2.24) is 14.5 Å². The topological polar surface area (TPSA) is 75.4 Å². The molecular formula is C15H16BrN3O3. The summed E-state index contributed by atoms with van der Waals surface area (Å²) in [5, 5.41) is 9.66. The molecular weight excluding hydrogens is 350 g/mol. The first kappa shape index (κ1) is 15.0. The van der Waals surface area contributed by atoms with E-state index >= 15 is 0 Å². The number of carboxylic acid groups (broad SMARTS) is 1. The van der Waals surface area contributed by atoms with Gasteiger partial charge in [-0.05, 0) is 37.0 Å². The lowest BCUT2D eigenvalue weighted by Gasteiger charge is -2.30. The van der Waals surface area contributed by atoms with E-state index in [1.807, 2.05) is 6.07 Å². The Bertz CT molecular complexity index is 774. The molecule has 22 heavy (non-hydrogen) atoms. The van der Waals surface area contributed by atoms with Crippen molar-refractivity contribution in [1.29, 1.82) is 0 Å². The summed E-state index contributed by atoms with van der Waals surface area (Å²) in [5.41, 5.74) is 0.582. The number of hydrogen-bond donors (Lipinski definition) is 1. The molecule has 1 aromatic heterocycles. The zero-order valence-electron chi connectivity index (χ0n) is 11.9. The van der Waals surface area contributed by atoms with Crippen molar-refractivity contribution in [3.8, 4) is 0 Å². The van der Waals surface area contributed by atoms with Crippen molar-refractivity contribution in [2.75, 3.05) is 13.1 Å². The van der Waals surface area contributed by atoms with Gasteiger partial charge < -0.3 is 10.0 Å². The molecule has 2 aromatic rings. The molecule has 0 spiro atoms. The van der Waals surface area contributed by atoms with Gasteiger partial charge in [-0.3, -0.25) is 9.36 Å². The van der Waals surface area contributed by atoms with Crippen molar-refractivity contribution in [2.24, 2.45) is 5.92 Å². The van der Waals surface area contributed by atoms with Gasteiger partial charge in [0, 0.05) is 24.1 Å². The monoisotopic (exact) mass is 365 g/mol. The Morgan fingerprint density at radius 2 is 2.27 bits per heavy atom. The highest BCUT2D eigenvalue weighted by Crippen LogP contribution is 2.19. The lowest BCUT2D eigenvalue weighted by atomic mass is 9.98. The van der Waals surface area contributed by atoms with Crippen molar-refractivity contribution < 1.29 is 9.90 Å². The maximum atomic E-state index is 12.5. The minimum Gasteiger partial charge on any atom is -0.465 e. The van der Waals surface area contributed by atoms with Crippen LogP contribution in [0.5, 0.6) is 0 Å². The van der Waals surface area contributed by atoms with E-state index in [1.165, 1.54) is 4.90 Å². The van der Waals surface area contributed by atoms with Crippen molar-refractivity contribution in [2.45, 2.75) is 19.4 Å². The molecule has 1 aromatic carbocycles. The van der Waals surface area contributed by atoms with Gasteiger partial charge in [0.15, 0.2) is 0 Å². The summed E-state index contributed by atoms with van der Waals surface area (Å²) >= 11 is 3.37. The number of benzene rings is 1. The second-order valence-corrected chi connectivity index (χ2v) is 6.52. The van der Waals surface area contributed by atoms with E-state index in [1.54, 1.807) is 23.0 Å². The van der Waals surface area contributed by atoms with Gasteiger partial charge in [-0.1, -0.05) is 15.9 Å². The molecule has 1 atom stereocenters. The summed E-state index contributed by atoms with van der Waals surface area (Å²) in [6.45, 7) is 1.54. The molecule has 0 aliphatic carbocycles. The van der Waals surface area contributed by atoms with E-state index < -0.39 is 6.09 Å². The van der Waals surface area contributed by atoms with Crippen LogP contribution in [0.15, 0.2) is 33.8 Å². The van der Waals surface area contributed by atoms with Crippen LogP contribution in [0.3, 0.4) is 0 Å². The zero-order valence-corrected chi connectivity index (χ0v) is 13.5. The number of nitrogens with zero attached hydrogens (tertiary/aromatic N) is 3. The number of piperidine rings is 1. The molecule has 1 fully saturated rings. The summed E-state index contributed by atoms with van der Waals surface area (Å²) in [6.07, 6.45) is 2.42. The summed E-state index contributed by atoms with van der Waals surface area (Å²) in [4.78, 5) is 29.3. The molecule has 6 nitrogen and oxygen atoms in total. The van der Waals surface area contributed by atoms with E-state index in [9.17, 15) is 9.59 Å². The smallest absolute Gasteiger partial charge is 0.407 e. The molecule has 1 saturated heterocycles. The number of fused-ring (bicyclic) bond motifs is 1. The number of likely N-dealkylation sites (tertiary alicyclic amines) is 1. The van der Waals surface area contributed by atoms with E-state index in [0.717, 1.165) is 17.3 Å². The van der Waals surface area contributed by atoms with Crippen LogP contribution in [0, 0.1) is 5.92 Å². The van der Waals surface area contributed by atoms with Crippen LogP contribution in [0.4, 0.5) is 4.79 Å². The lowest BCUT2D eigenvalue weighted by molar-refractivity contribution is 0.116. The molecule has 0 radical (unpaired) electrons. The van der Waals surface area contributed by atoms with Crippen LogP contribution < -0.4 is 5.56 Å². The first-order chi connectivity index (χ1) is 10.5. The summed E-state index contributed by atoms with van der Waals surface area (Å²) in [5.74, 6) is 0.147. The van der Waals surface area contributed by atoms with Gasteiger partial charge in [0.1, 0.15) is 0 Å². The molecule has 1 aliphatic heterocycles. The molecule has 0 unspecified atom stereocenters. The molecule has 0 bridgehead atoms. The fourth-order valence-electron chi connectivity index (χ4n) is 2.93. The second-order valence-electron chi connectivity index (χ2n) is 5.60. The number of halogens is 1. The summed E-state index contributed by atoms with van der Waals surface area (Å²) in [7, 11) is 0. The normalized spacial score (nSPS) is 18.6. The maximum absolute atomic E-state index is 12.5. The number of carbonyl (C=O) groups is 1. The maximum Gasteiger partial charge on any atom is 0.407 e. The van der Waals surface area contributed by atoms with Gasteiger partial charge >= 0.3 is 6.09 Å². The van der Waals surface area contributed by atoms with Crippen molar-refractivity contribution in [3.05, 3.63) is 39.4 Å². The van der Waals surface area contributed by atoms with Crippen LogP contribution in [0.25, 0.3) is 10.9 Å². The van der Waals surface area contributed by atoms with E-state index in [2.05, 4.69) is 20.9 Å². The van der Waals surface area contributed by atoms with Crippen LogP contribution in [0.1, 0.15) is 12.8 Å². The molecule has 1 amide bonds. The SMILES string of the molecule is O=C(O)N1CCC[C@@H](Cn2cnc3ccc(Br)cc3c2=O)C1. The highest BCUT2D eigenvalue weighted by atomic mass is 79.9. The molecule has 1 N–H and O–H groups in total. The predicted molar refractivity (Wildman–Crippen MR) is 86.0 cm³/mol. The number of rotatable bonds is 2. The van der Waals surface area contributed by atoms with Crippen LogP contribution in [0.2, 0.25) is 0 Å². The minimum atomic E-state index is -0.891. The Balaban J connectivity index is 1.86. The largest absolute Gasteiger partial charge is 0.465 e. The molecule has 3 rings (SSSR count). The first-order valence-corrected chi connectivity index (χ1v) is 7.96. The zero-order chi connectivity index (χ0) is 15.7. The molecule has 0 saturated carbocycles. The van der Waals surface area contributed by atoms with Gasteiger partial charge in [0.2, 0.25) is 0 Å². The molecule has 1 aliphatic rings. The van der Waals surface area contributed by atoms with Gasteiger partial charge in [-0.25, -0.2) is 9.78 Å². The number of amides is 1. The minimum absolute atomic E-state index is 0.0845. The quantitative estimate of drug-likeness (QED) is 0.887. The average molecular weight is 366 g/mol. The highest BCUT2D eigenvalue weighted by Gasteiger charge is 2.23. The van der Waals surface area contributed by atoms with Gasteiger partial charge in [-0.15, -0.1) is 0 Å². The van der Waals surface area contributed by atoms with Crippen LogP contribution in [-0.4, -0.2) is 38.7 Å². The fraction of sp³-hybridized carbons (Fsp3) is 0.400. The van der Waals surface area contributed by atoms with Crippen molar-refractivity contribution in [3.63, 3.8) is 0 Å². The van der Waals surface area contributed by atoms with Crippen LogP contribution >= 0.6 is 15.9 Å². The van der Waals surface area contributed by atoms with E-state index in [4.69, 9.17) is 5.11 Å². The second kappa shape index (κ2) is 6.08. The Morgan fingerprint density at radius 1 is 1.45 bits per heavy atom. The Morgan fingerprint density at radius 3 is 3.05 bits per heavy atom. The molecule has 7 heteroatoms. The Kier molecular flexibility index (Phi) is 4.15. The fourth-order valence-corrected chi connectivity index (χ4v) is 3.29. The molecule has 116 valence electrons. The third kappa shape index (κ3) is 2.99. The van der Waals surface area contributed by atoms with Gasteiger partial charge in [0.05, 0.1) is 17.2 Å². The highest BCUT2D eigenvalue weighted by molar-refractivity contribution is 9.10. The van der Waals surface area contributed by atoms with E-state index in [0.29, 0.717) is 30.5 Å². The van der Waals surface area contributed by atoms with E-state index in [-0.39, 0.29) is 11.5 Å². The third-order valence-corrected chi connectivity index (χ3v) is 4.52. The first-order valence-electron chi connectivity index (χ1n) is 7.17. The molecule has 2 heterocycles. The Hall–Kier alpha value is -1.89. The standard InChI is InChI=1S/C15H16BrN3O3/c16-11-3-4-13-12(6-11)14(20)19(9-17-13)8-10-2-1-5-18(7-10)15(21)22/h3-4,6,9-10H,1-2,5,7-8H2,(H,21,22)/t10-/m1/s1. The number of hydrogen-bond acceptors (Lipinski definition) is 3. The summed E-state index contributed by atoms with van der Waals surface area (Å²) < 4.78 is 2.43. The summed E-state index contributed by atoms with van der Waals surface area (Å²) in [6, 6.07) is 5.43. The number of aromatic nitrogens is 2. The predicted octanol–water partition coefficient (Wildman–Crippen LogP) is 2.55. The Labute approximate surface area is 135 Å². The average Bonchev–Trinajstić information content (AvgIpc) is 2.51. The third-order valence-electron chi connectivity index (χ3n) is 4.03. The van der Waals surface area contributed by atoms with Gasteiger partial charge in [0.25, 0.3) is 5.56 Å². The van der Waals surface area contributed by atoms with Crippen molar-refractivity contribution >= 4 is 32.9 Å². The van der Waals surface area contributed by atoms with Gasteiger partial charge in [-0.2, -0.15) is 0 Å².